The maximum absolute atomic E-state index is 13.0. The molecule has 0 radical (unpaired) electrons. The van der Waals surface area contributed by atoms with Crippen molar-refractivity contribution in [1.29, 1.82) is 0 Å². The quantitative estimate of drug-likeness (QED) is 0.619. The Hall–Kier alpha value is -3.46. The van der Waals surface area contributed by atoms with Crippen molar-refractivity contribution in [2.75, 3.05) is 25.2 Å². The number of fused-ring (bicyclic) bond motifs is 7. The van der Waals surface area contributed by atoms with Crippen LogP contribution in [0.15, 0.2) is 48.8 Å². The van der Waals surface area contributed by atoms with Crippen molar-refractivity contribution in [2.24, 2.45) is 0 Å². The van der Waals surface area contributed by atoms with Gasteiger partial charge in [-0.15, -0.1) is 0 Å². The lowest BCUT2D eigenvalue weighted by Gasteiger charge is -2.15. The number of nitrogens with one attached hydrogen (secondary N) is 2. The van der Waals surface area contributed by atoms with Crippen molar-refractivity contribution in [3.05, 3.63) is 59.9 Å². The van der Waals surface area contributed by atoms with E-state index in [0.717, 1.165) is 34.7 Å². The molecule has 170 valence electrons. The van der Waals surface area contributed by atoms with Gasteiger partial charge in [0.05, 0.1) is 7.11 Å². The molecule has 1 unspecified atom stereocenters. The van der Waals surface area contributed by atoms with E-state index < -0.39 is 0 Å². The van der Waals surface area contributed by atoms with Crippen LogP contribution in [0.1, 0.15) is 22.3 Å². The zero-order chi connectivity index (χ0) is 22.8. The molecule has 8 nitrogen and oxygen atoms in total. The lowest BCUT2D eigenvalue weighted by Crippen LogP contribution is -2.34. The summed E-state index contributed by atoms with van der Waals surface area (Å²) < 4.78 is 13.1. The van der Waals surface area contributed by atoms with Crippen LogP contribution in [0.2, 0.25) is 0 Å². The highest BCUT2D eigenvalue weighted by Crippen LogP contribution is 2.33. The van der Waals surface area contributed by atoms with E-state index in [1.165, 1.54) is 0 Å². The number of hydrogen-bond donors (Lipinski definition) is 2. The normalized spacial score (nSPS) is 17.5. The molecule has 5 rings (SSSR count). The van der Waals surface area contributed by atoms with Crippen LogP contribution < -0.4 is 20.1 Å². The summed E-state index contributed by atoms with van der Waals surface area (Å²) in [5, 5.41) is 6.00. The van der Waals surface area contributed by atoms with Gasteiger partial charge in [0.1, 0.15) is 5.82 Å². The summed E-state index contributed by atoms with van der Waals surface area (Å²) in [5.41, 5.74) is 2.96. The zero-order valence-corrected chi connectivity index (χ0v) is 19.0. The smallest absolute Gasteiger partial charge is 0.258 e. The third-order valence-electron chi connectivity index (χ3n) is 5.69. The fraction of sp³-hybridized carbons (Fsp3) is 0.292. The summed E-state index contributed by atoms with van der Waals surface area (Å²) in [6.45, 7) is 0.120. The zero-order valence-electron chi connectivity index (χ0n) is 18.2. The number of carbonyl (C=O) groups excluding carboxylic acids is 2. The van der Waals surface area contributed by atoms with Gasteiger partial charge in [-0.25, -0.2) is 4.98 Å². The summed E-state index contributed by atoms with van der Waals surface area (Å²) in [5.74, 6) is 3.30. The molecule has 2 amide bonds. The second-order valence-electron chi connectivity index (χ2n) is 7.97. The highest BCUT2D eigenvalue weighted by atomic mass is 32.2. The Balaban J connectivity index is 1.59. The number of rotatable bonds is 3. The van der Waals surface area contributed by atoms with E-state index in [1.807, 2.05) is 46.8 Å². The maximum atomic E-state index is 13.0. The number of nitrogens with zero attached hydrogens (tertiary/aromatic N) is 2. The summed E-state index contributed by atoms with van der Waals surface area (Å²) in [6.07, 6.45) is 4.55. The molecule has 9 heteroatoms. The number of carbonyl (C=O) groups is 2. The van der Waals surface area contributed by atoms with Crippen molar-refractivity contribution in [3.63, 3.8) is 0 Å². The van der Waals surface area contributed by atoms with Gasteiger partial charge in [0, 0.05) is 47.5 Å². The fourth-order valence-electron chi connectivity index (χ4n) is 4.01. The predicted molar refractivity (Wildman–Crippen MR) is 126 cm³/mol. The van der Waals surface area contributed by atoms with Crippen molar-refractivity contribution in [3.8, 4) is 28.6 Å². The van der Waals surface area contributed by atoms with Crippen LogP contribution in [0.5, 0.6) is 11.5 Å². The van der Waals surface area contributed by atoms with E-state index in [0.29, 0.717) is 22.9 Å². The average molecular weight is 465 g/mol. The Kier molecular flexibility index (Phi) is 5.95. The highest BCUT2D eigenvalue weighted by molar-refractivity contribution is 7.99. The van der Waals surface area contributed by atoms with E-state index in [1.54, 1.807) is 25.4 Å². The largest absolute Gasteiger partial charge is 0.493 e. The van der Waals surface area contributed by atoms with E-state index >= 15 is 0 Å². The molecule has 1 saturated heterocycles. The van der Waals surface area contributed by atoms with Gasteiger partial charge in [-0.1, -0.05) is 0 Å². The lowest BCUT2D eigenvalue weighted by molar-refractivity contribution is -0.123. The molecular weight excluding hydrogens is 440 g/mol. The third kappa shape index (κ3) is 4.54. The summed E-state index contributed by atoms with van der Waals surface area (Å²) in [7, 11) is 1.55. The minimum absolute atomic E-state index is 0.113. The second kappa shape index (κ2) is 9.19. The minimum atomic E-state index is -0.265. The Labute approximate surface area is 195 Å². The average Bonchev–Trinajstić information content (AvgIpc) is 3.53. The first-order valence-corrected chi connectivity index (χ1v) is 11.9. The van der Waals surface area contributed by atoms with E-state index in [-0.39, 0.29) is 31.0 Å². The number of aromatic nitrogens is 2. The van der Waals surface area contributed by atoms with Gasteiger partial charge in [-0.3, -0.25) is 14.2 Å². The number of benzene rings is 2. The Bertz CT molecular complexity index is 1200. The molecule has 33 heavy (non-hydrogen) atoms. The van der Waals surface area contributed by atoms with Gasteiger partial charge in [-0.2, -0.15) is 11.8 Å². The van der Waals surface area contributed by atoms with E-state index in [2.05, 4.69) is 15.6 Å². The van der Waals surface area contributed by atoms with Crippen LogP contribution in [0, 0.1) is 0 Å². The number of imidazole rings is 1. The molecule has 0 aliphatic carbocycles. The van der Waals surface area contributed by atoms with Crippen LogP contribution in [0.25, 0.3) is 17.1 Å². The number of thioether (sulfide) groups is 1. The molecule has 4 bridgehead atoms. The van der Waals surface area contributed by atoms with Crippen LogP contribution in [-0.2, 0) is 11.3 Å². The molecule has 3 heterocycles. The first-order chi connectivity index (χ1) is 16.1. The van der Waals surface area contributed by atoms with Gasteiger partial charge in [0.25, 0.3) is 11.8 Å². The number of hydrogen-bond acceptors (Lipinski definition) is 6. The monoisotopic (exact) mass is 464 g/mol. The Morgan fingerprint density at radius 3 is 3.03 bits per heavy atom. The molecule has 1 atom stereocenters. The molecule has 3 aromatic rings. The predicted octanol–water partition coefficient (Wildman–Crippen LogP) is 2.79. The standard InChI is InChI=1S/C24H24N4O4S/c1-31-20-3-2-16-11-21(20)32-13-22(29)26-12-15-8-17(24(30)27-18-4-7-33-14-18)10-19(9-15)28-6-5-25-23(16)28/h2-3,5-6,8-11,18H,4,7,12-14H2,1H3,(H,26,29)(H,27,30). The van der Waals surface area contributed by atoms with Gasteiger partial charge in [-0.05, 0) is 54.1 Å². The molecule has 0 saturated carbocycles. The minimum Gasteiger partial charge on any atom is -0.493 e. The molecule has 1 aromatic heterocycles. The van der Waals surface area contributed by atoms with Gasteiger partial charge < -0.3 is 20.1 Å². The number of ether oxygens (including phenoxy) is 2. The maximum Gasteiger partial charge on any atom is 0.258 e. The third-order valence-corrected chi connectivity index (χ3v) is 6.86. The summed E-state index contributed by atoms with van der Waals surface area (Å²) in [6, 6.07) is 11.3. The van der Waals surface area contributed by atoms with Crippen molar-refractivity contribution < 1.29 is 19.1 Å². The first kappa shape index (κ1) is 21.4. The Morgan fingerprint density at radius 1 is 1.30 bits per heavy atom. The van der Waals surface area contributed by atoms with E-state index in [9.17, 15) is 9.59 Å². The van der Waals surface area contributed by atoms with Gasteiger partial charge >= 0.3 is 0 Å². The number of methoxy groups -OCH3 is 1. The Morgan fingerprint density at radius 2 is 2.21 bits per heavy atom. The SMILES string of the molecule is COc1ccc2cc1OCC(=O)NCc1cc(C(=O)NC3CCSC3)cc(c1)-n1ccnc1-2. The van der Waals surface area contributed by atoms with Crippen molar-refractivity contribution in [1.82, 2.24) is 20.2 Å². The van der Waals surface area contributed by atoms with Crippen LogP contribution in [-0.4, -0.2) is 52.6 Å². The first-order valence-electron chi connectivity index (χ1n) is 10.7. The topological polar surface area (TPSA) is 94.5 Å². The summed E-state index contributed by atoms with van der Waals surface area (Å²) in [4.78, 5) is 30.0. The molecule has 2 aliphatic rings. The molecule has 2 aliphatic heterocycles. The molecule has 0 spiro atoms. The van der Waals surface area contributed by atoms with Crippen LogP contribution >= 0.6 is 11.8 Å². The highest BCUT2D eigenvalue weighted by Gasteiger charge is 2.20. The molecule has 1 fully saturated rings. The molecule has 2 N–H and O–H groups in total. The fourth-order valence-corrected chi connectivity index (χ4v) is 5.16. The molecular formula is C24H24N4O4S. The van der Waals surface area contributed by atoms with Crippen LogP contribution in [0.4, 0.5) is 0 Å². The summed E-state index contributed by atoms with van der Waals surface area (Å²) >= 11 is 1.85. The van der Waals surface area contributed by atoms with Crippen LogP contribution in [0.3, 0.4) is 0 Å². The van der Waals surface area contributed by atoms with Crippen molar-refractivity contribution >= 4 is 23.6 Å². The van der Waals surface area contributed by atoms with E-state index in [4.69, 9.17) is 9.47 Å². The number of amides is 2. The van der Waals surface area contributed by atoms with Gasteiger partial charge in [0.2, 0.25) is 0 Å². The second-order valence-corrected chi connectivity index (χ2v) is 9.12. The molecule has 2 aromatic carbocycles. The van der Waals surface area contributed by atoms with Crippen molar-refractivity contribution in [2.45, 2.75) is 19.0 Å². The lowest BCUT2D eigenvalue weighted by atomic mass is 10.1. The van der Waals surface area contributed by atoms with Gasteiger partial charge in [0.15, 0.2) is 18.1 Å².